The van der Waals surface area contributed by atoms with E-state index >= 15 is 0 Å². The Morgan fingerprint density at radius 2 is 2.54 bits per heavy atom. The first-order valence-electron chi connectivity index (χ1n) is 3.47. The lowest BCUT2D eigenvalue weighted by Gasteiger charge is -1.97. The van der Waals surface area contributed by atoms with Crippen LogP contribution in [0.15, 0.2) is 22.2 Å². The van der Waals surface area contributed by atoms with Crippen LogP contribution in [0.5, 0.6) is 0 Å². The van der Waals surface area contributed by atoms with E-state index in [0.717, 1.165) is 11.8 Å². The van der Waals surface area contributed by atoms with E-state index in [-0.39, 0.29) is 17.3 Å². The minimum atomic E-state index is -0.350. The number of carbonyl (C=O) groups excluding carboxylic acids is 1. The van der Waals surface area contributed by atoms with Crippen molar-refractivity contribution in [2.24, 2.45) is 0 Å². The largest absolute Gasteiger partial charge is 0.468 e. The van der Waals surface area contributed by atoms with Crippen molar-refractivity contribution in [1.29, 1.82) is 0 Å². The fourth-order valence-corrected chi connectivity index (χ4v) is 1.29. The number of nitrogens with one attached hydrogen (secondary N) is 1. The molecular formula is C7H8N2O3S. The second-order valence-electron chi connectivity index (χ2n) is 2.10. The molecule has 0 saturated heterocycles. The molecule has 0 saturated carbocycles. The molecule has 13 heavy (non-hydrogen) atoms. The predicted octanol–water partition coefficient (Wildman–Crippen LogP) is 0.0350. The van der Waals surface area contributed by atoms with E-state index in [1.54, 1.807) is 0 Å². The van der Waals surface area contributed by atoms with Gasteiger partial charge in [0.15, 0.2) is 5.16 Å². The summed E-state index contributed by atoms with van der Waals surface area (Å²) in [6, 6.07) is 1.31. The molecule has 5 nitrogen and oxygen atoms in total. The van der Waals surface area contributed by atoms with Gasteiger partial charge in [-0.3, -0.25) is 9.59 Å². The normalized spacial score (nSPS) is 9.62. The zero-order valence-electron chi connectivity index (χ0n) is 6.94. The van der Waals surface area contributed by atoms with Crippen LogP contribution >= 0.6 is 11.8 Å². The lowest BCUT2D eigenvalue weighted by atomic mass is 10.7. The summed E-state index contributed by atoms with van der Waals surface area (Å²) in [5, 5.41) is 0.415. The molecule has 0 aliphatic heterocycles. The maximum atomic E-state index is 10.8. The topological polar surface area (TPSA) is 72.0 Å². The van der Waals surface area contributed by atoms with Gasteiger partial charge in [0.25, 0.3) is 5.56 Å². The van der Waals surface area contributed by atoms with E-state index in [1.165, 1.54) is 19.4 Å². The Balaban J connectivity index is 2.55. The van der Waals surface area contributed by atoms with E-state index in [0.29, 0.717) is 5.16 Å². The quantitative estimate of drug-likeness (QED) is 0.423. The monoisotopic (exact) mass is 200 g/mol. The van der Waals surface area contributed by atoms with Crippen molar-refractivity contribution in [3.63, 3.8) is 0 Å². The number of methoxy groups -OCH3 is 1. The highest BCUT2D eigenvalue weighted by Gasteiger charge is 2.02. The van der Waals surface area contributed by atoms with Crippen molar-refractivity contribution in [3.05, 3.63) is 22.6 Å². The van der Waals surface area contributed by atoms with E-state index in [4.69, 9.17) is 0 Å². The molecule has 1 rings (SSSR count). The molecule has 0 aliphatic carbocycles. The Labute approximate surface area is 78.5 Å². The molecule has 1 aromatic heterocycles. The van der Waals surface area contributed by atoms with Crippen molar-refractivity contribution in [2.45, 2.75) is 5.16 Å². The van der Waals surface area contributed by atoms with Crippen molar-refractivity contribution in [1.82, 2.24) is 9.97 Å². The lowest BCUT2D eigenvalue weighted by Crippen LogP contribution is -2.08. The number of esters is 1. The van der Waals surface area contributed by atoms with Crippen molar-refractivity contribution < 1.29 is 9.53 Å². The number of aromatic nitrogens is 2. The summed E-state index contributed by atoms with van der Waals surface area (Å²) in [5.41, 5.74) is -0.234. The summed E-state index contributed by atoms with van der Waals surface area (Å²) in [6.07, 6.45) is 1.39. The fraction of sp³-hybridized carbons (Fsp3) is 0.286. The van der Waals surface area contributed by atoms with Crippen LogP contribution in [0, 0.1) is 0 Å². The van der Waals surface area contributed by atoms with E-state index in [1.807, 2.05) is 0 Å². The van der Waals surface area contributed by atoms with Crippen LogP contribution in [0.1, 0.15) is 0 Å². The molecule has 0 bridgehead atoms. The second kappa shape index (κ2) is 4.66. The van der Waals surface area contributed by atoms with Crippen LogP contribution in [0.4, 0.5) is 0 Å². The van der Waals surface area contributed by atoms with Crippen LogP contribution in [0.25, 0.3) is 0 Å². The van der Waals surface area contributed by atoms with Crippen LogP contribution in [0.2, 0.25) is 0 Å². The minimum absolute atomic E-state index is 0.142. The first-order chi connectivity index (χ1) is 6.22. The average molecular weight is 200 g/mol. The Morgan fingerprint density at radius 3 is 3.15 bits per heavy atom. The number of carbonyl (C=O) groups is 1. The van der Waals surface area contributed by atoms with Gasteiger partial charge in [0.1, 0.15) is 0 Å². The van der Waals surface area contributed by atoms with Crippen molar-refractivity contribution in [3.8, 4) is 0 Å². The maximum Gasteiger partial charge on any atom is 0.316 e. The summed E-state index contributed by atoms with van der Waals surface area (Å²) in [7, 11) is 1.31. The molecule has 0 fully saturated rings. The number of H-pyrrole nitrogens is 1. The molecule has 0 aliphatic rings. The van der Waals surface area contributed by atoms with Gasteiger partial charge in [0, 0.05) is 12.3 Å². The van der Waals surface area contributed by atoms with Gasteiger partial charge in [-0.25, -0.2) is 4.98 Å². The van der Waals surface area contributed by atoms with Gasteiger partial charge in [0.05, 0.1) is 12.9 Å². The number of rotatable bonds is 3. The van der Waals surface area contributed by atoms with Gasteiger partial charge in [-0.2, -0.15) is 0 Å². The number of aromatic amines is 1. The SMILES string of the molecule is COC(=O)CSc1nccc(=O)[nH]1. The van der Waals surface area contributed by atoms with Gasteiger partial charge in [-0.15, -0.1) is 0 Å². The maximum absolute atomic E-state index is 10.8. The van der Waals surface area contributed by atoms with Gasteiger partial charge in [-0.05, 0) is 0 Å². The third kappa shape index (κ3) is 3.29. The van der Waals surface area contributed by atoms with E-state index in [9.17, 15) is 9.59 Å². The molecule has 70 valence electrons. The first-order valence-corrected chi connectivity index (χ1v) is 4.46. The standard InChI is InChI=1S/C7H8N2O3S/c1-12-6(11)4-13-7-8-3-2-5(10)9-7/h2-3H,4H2,1H3,(H,8,9,10). The number of thioether (sulfide) groups is 1. The molecular weight excluding hydrogens is 192 g/mol. The third-order valence-corrected chi connectivity index (χ3v) is 2.06. The first kappa shape index (κ1) is 9.79. The van der Waals surface area contributed by atoms with Gasteiger partial charge in [-0.1, -0.05) is 11.8 Å². The van der Waals surface area contributed by atoms with Crippen LogP contribution in [-0.2, 0) is 9.53 Å². The summed E-state index contributed by atoms with van der Waals surface area (Å²) < 4.78 is 4.42. The smallest absolute Gasteiger partial charge is 0.316 e. The van der Waals surface area contributed by atoms with Gasteiger partial charge >= 0.3 is 5.97 Å². The minimum Gasteiger partial charge on any atom is -0.468 e. The summed E-state index contributed by atoms with van der Waals surface area (Å²) >= 11 is 1.13. The average Bonchev–Trinajstić information content (AvgIpc) is 2.14. The van der Waals surface area contributed by atoms with Gasteiger partial charge in [0.2, 0.25) is 0 Å². The van der Waals surface area contributed by atoms with E-state index < -0.39 is 0 Å². The van der Waals surface area contributed by atoms with Crippen molar-refractivity contribution in [2.75, 3.05) is 12.9 Å². The molecule has 1 aromatic rings. The Bertz CT molecular complexity index is 350. The Morgan fingerprint density at radius 1 is 1.77 bits per heavy atom. The predicted molar refractivity (Wildman–Crippen MR) is 47.6 cm³/mol. The highest BCUT2D eigenvalue weighted by atomic mass is 32.2. The van der Waals surface area contributed by atoms with Crippen LogP contribution < -0.4 is 5.56 Å². The van der Waals surface area contributed by atoms with Gasteiger partial charge < -0.3 is 9.72 Å². The molecule has 0 atom stereocenters. The Kier molecular flexibility index (Phi) is 3.51. The number of hydrogen-bond acceptors (Lipinski definition) is 5. The second-order valence-corrected chi connectivity index (χ2v) is 3.07. The molecule has 1 heterocycles. The number of hydrogen-bond donors (Lipinski definition) is 1. The molecule has 0 radical (unpaired) electrons. The summed E-state index contributed by atoms with van der Waals surface area (Å²) in [4.78, 5) is 27.8. The molecule has 0 aromatic carbocycles. The molecule has 0 spiro atoms. The summed E-state index contributed by atoms with van der Waals surface area (Å²) in [5.74, 6) is -0.208. The van der Waals surface area contributed by atoms with Crippen LogP contribution in [0.3, 0.4) is 0 Å². The molecule has 0 unspecified atom stereocenters. The fourth-order valence-electron chi connectivity index (χ4n) is 0.612. The molecule has 6 heteroatoms. The van der Waals surface area contributed by atoms with Crippen molar-refractivity contribution >= 4 is 17.7 Å². The third-order valence-electron chi connectivity index (χ3n) is 1.20. The highest BCUT2D eigenvalue weighted by molar-refractivity contribution is 7.99. The molecule has 0 amide bonds. The molecule has 1 N–H and O–H groups in total. The zero-order valence-corrected chi connectivity index (χ0v) is 7.76. The Hall–Kier alpha value is -1.30. The number of nitrogens with zero attached hydrogens (tertiary/aromatic N) is 1. The van der Waals surface area contributed by atoms with Crippen LogP contribution in [-0.4, -0.2) is 28.8 Å². The lowest BCUT2D eigenvalue weighted by molar-refractivity contribution is -0.137. The highest BCUT2D eigenvalue weighted by Crippen LogP contribution is 2.09. The van der Waals surface area contributed by atoms with E-state index in [2.05, 4.69) is 14.7 Å². The summed E-state index contributed by atoms with van der Waals surface area (Å²) in [6.45, 7) is 0. The zero-order chi connectivity index (χ0) is 9.68. The number of ether oxygens (including phenoxy) is 1.